The largest absolute Gasteiger partial charge is 0.312 e. The van der Waals surface area contributed by atoms with Crippen LogP contribution in [-0.4, -0.2) is 12.1 Å². The summed E-state index contributed by atoms with van der Waals surface area (Å²) in [5.41, 5.74) is 1.22. The van der Waals surface area contributed by atoms with E-state index in [0.29, 0.717) is 4.47 Å². The molecule has 1 nitrogen and oxygen atoms in total. The summed E-state index contributed by atoms with van der Waals surface area (Å²) < 4.78 is 14.1. The summed E-state index contributed by atoms with van der Waals surface area (Å²) in [4.78, 5) is 0. The van der Waals surface area contributed by atoms with Gasteiger partial charge in [0, 0.05) is 12.1 Å². The zero-order valence-corrected chi connectivity index (χ0v) is 13.5. The van der Waals surface area contributed by atoms with E-state index in [2.05, 4.69) is 55.9 Å². The summed E-state index contributed by atoms with van der Waals surface area (Å²) in [6.07, 6.45) is 0.842. The van der Waals surface area contributed by atoms with Gasteiger partial charge < -0.3 is 5.32 Å². The van der Waals surface area contributed by atoms with Crippen molar-refractivity contribution >= 4 is 15.9 Å². The molecule has 1 aromatic carbocycles. The fourth-order valence-corrected chi connectivity index (χ4v) is 2.17. The van der Waals surface area contributed by atoms with Gasteiger partial charge in [0.05, 0.1) is 4.47 Å². The van der Waals surface area contributed by atoms with Gasteiger partial charge in [-0.2, -0.15) is 0 Å². The summed E-state index contributed by atoms with van der Waals surface area (Å²) in [5.74, 6) is -0.188. The Morgan fingerprint density at radius 1 is 1.17 bits per heavy atom. The van der Waals surface area contributed by atoms with Gasteiger partial charge in [-0.1, -0.05) is 26.0 Å². The second kappa shape index (κ2) is 5.70. The molecule has 0 atom stereocenters. The van der Waals surface area contributed by atoms with Crippen molar-refractivity contribution in [1.82, 2.24) is 5.32 Å². The molecule has 0 amide bonds. The van der Waals surface area contributed by atoms with Crippen molar-refractivity contribution in [3.05, 3.63) is 34.1 Å². The van der Waals surface area contributed by atoms with Crippen LogP contribution >= 0.6 is 15.9 Å². The summed E-state index contributed by atoms with van der Waals surface area (Å²) in [6, 6.07) is 5.22. The van der Waals surface area contributed by atoms with Gasteiger partial charge in [0.25, 0.3) is 0 Å². The zero-order valence-electron chi connectivity index (χ0n) is 11.9. The number of benzene rings is 1. The first kappa shape index (κ1) is 15.6. The van der Waals surface area contributed by atoms with Gasteiger partial charge in [-0.3, -0.25) is 0 Å². The molecule has 0 radical (unpaired) electrons. The number of halogens is 2. The number of rotatable bonds is 4. The molecule has 3 heteroatoms. The van der Waals surface area contributed by atoms with Gasteiger partial charge in [-0.15, -0.1) is 0 Å². The first-order chi connectivity index (χ1) is 8.11. The molecule has 18 heavy (non-hydrogen) atoms. The van der Waals surface area contributed by atoms with Crippen LogP contribution in [0.5, 0.6) is 0 Å². The predicted molar refractivity (Wildman–Crippen MR) is 79.3 cm³/mol. The van der Waals surface area contributed by atoms with E-state index < -0.39 is 0 Å². The maximum Gasteiger partial charge on any atom is 0.137 e. The molecule has 0 aliphatic heterocycles. The standard InChI is InChI=1S/C15H23BrFN/c1-14(2,3)18-10-15(4,5)9-11-7-6-8-12(17)13(11)16/h6-8,18H,9-10H2,1-5H3. The second-order valence-corrected chi connectivity index (χ2v) is 7.45. The fraction of sp³-hybridized carbons (Fsp3) is 0.600. The Labute approximate surface area is 118 Å². The van der Waals surface area contributed by atoms with Crippen molar-refractivity contribution in [1.29, 1.82) is 0 Å². The minimum atomic E-state index is -0.188. The molecule has 0 aliphatic carbocycles. The molecule has 1 aromatic rings. The predicted octanol–water partition coefficient (Wildman–Crippen LogP) is 4.55. The maximum atomic E-state index is 13.5. The third-order valence-electron chi connectivity index (χ3n) is 2.80. The fourth-order valence-electron chi connectivity index (χ4n) is 1.77. The van der Waals surface area contributed by atoms with E-state index in [-0.39, 0.29) is 16.8 Å². The van der Waals surface area contributed by atoms with Crippen molar-refractivity contribution in [2.75, 3.05) is 6.54 Å². The van der Waals surface area contributed by atoms with E-state index in [1.165, 1.54) is 6.07 Å². The topological polar surface area (TPSA) is 12.0 Å². The highest BCUT2D eigenvalue weighted by atomic mass is 79.9. The lowest BCUT2D eigenvalue weighted by Crippen LogP contribution is -2.42. The highest BCUT2D eigenvalue weighted by Crippen LogP contribution is 2.28. The molecule has 0 saturated carbocycles. The summed E-state index contributed by atoms with van der Waals surface area (Å²) in [6.45, 7) is 11.8. The monoisotopic (exact) mass is 315 g/mol. The molecule has 0 fully saturated rings. The van der Waals surface area contributed by atoms with E-state index >= 15 is 0 Å². The zero-order chi connectivity index (χ0) is 14.0. The third kappa shape index (κ3) is 5.07. The normalized spacial score (nSPS) is 12.8. The quantitative estimate of drug-likeness (QED) is 0.859. The third-order valence-corrected chi connectivity index (χ3v) is 3.69. The van der Waals surface area contributed by atoms with Crippen LogP contribution in [0.4, 0.5) is 4.39 Å². The lowest BCUT2D eigenvalue weighted by Gasteiger charge is -2.31. The summed E-state index contributed by atoms with van der Waals surface area (Å²) in [7, 11) is 0. The molecule has 0 unspecified atom stereocenters. The average molecular weight is 316 g/mol. The van der Waals surface area contributed by atoms with E-state index in [0.717, 1.165) is 18.5 Å². The Morgan fingerprint density at radius 2 is 1.78 bits per heavy atom. The average Bonchev–Trinajstić information content (AvgIpc) is 2.21. The smallest absolute Gasteiger partial charge is 0.137 e. The maximum absolute atomic E-state index is 13.5. The molecule has 1 N–H and O–H groups in total. The van der Waals surface area contributed by atoms with Crippen LogP contribution < -0.4 is 5.32 Å². The minimum absolute atomic E-state index is 0.0869. The summed E-state index contributed by atoms with van der Waals surface area (Å²) in [5, 5.41) is 3.51. The minimum Gasteiger partial charge on any atom is -0.312 e. The van der Waals surface area contributed by atoms with Gasteiger partial charge in [-0.05, 0) is 60.2 Å². The van der Waals surface area contributed by atoms with Crippen LogP contribution in [0.2, 0.25) is 0 Å². The molecule has 0 aromatic heterocycles. The van der Waals surface area contributed by atoms with Crippen molar-refractivity contribution in [3.8, 4) is 0 Å². The van der Waals surface area contributed by atoms with Gasteiger partial charge >= 0.3 is 0 Å². The van der Waals surface area contributed by atoms with Crippen molar-refractivity contribution < 1.29 is 4.39 Å². The molecule has 0 saturated heterocycles. The van der Waals surface area contributed by atoms with Gasteiger partial charge in [0.2, 0.25) is 0 Å². The van der Waals surface area contributed by atoms with Crippen molar-refractivity contribution in [2.45, 2.75) is 46.6 Å². The van der Waals surface area contributed by atoms with Crippen LogP contribution in [0.1, 0.15) is 40.2 Å². The van der Waals surface area contributed by atoms with Crippen LogP contribution in [0.15, 0.2) is 22.7 Å². The Hall–Kier alpha value is -0.410. The number of hydrogen-bond acceptors (Lipinski definition) is 1. The molecule has 1 rings (SSSR count). The number of nitrogens with one attached hydrogen (secondary N) is 1. The molecule has 102 valence electrons. The van der Waals surface area contributed by atoms with E-state index in [1.54, 1.807) is 6.07 Å². The molecule has 0 bridgehead atoms. The Balaban J connectivity index is 2.73. The van der Waals surface area contributed by atoms with Crippen molar-refractivity contribution in [2.24, 2.45) is 5.41 Å². The Bertz CT molecular complexity index is 407. The van der Waals surface area contributed by atoms with Gasteiger partial charge in [0.1, 0.15) is 5.82 Å². The highest BCUT2D eigenvalue weighted by Gasteiger charge is 2.22. The molecule has 0 heterocycles. The first-order valence-electron chi connectivity index (χ1n) is 6.29. The Kier molecular flexibility index (Phi) is 4.96. The van der Waals surface area contributed by atoms with Gasteiger partial charge in [-0.25, -0.2) is 4.39 Å². The Morgan fingerprint density at radius 3 is 2.33 bits per heavy atom. The lowest BCUT2D eigenvalue weighted by atomic mass is 9.85. The molecule has 0 aliphatic rings. The van der Waals surface area contributed by atoms with Crippen molar-refractivity contribution in [3.63, 3.8) is 0 Å². The van der Waals surface area contributed by atoms with Crippen LogP contribution in [0, 0.1) is 11.2 Å². The van der Waals surface area contributed by atoms with Crippen LogP contribution in [0.3, 0.4) is 0 Å². The molecular formula is C15H23BrFN. The van der Waals surface area contributed by atoms with E-state index in [1.807, 2.05) is 6.07 Å². The molecule has 0 spiro atoms. The van der Waals surface area contributed by atoms with Gasteiger partial charge in [0.15, 0.2) is 0 Å². The van der Waals surface area contributed by atoms with Crippen LogP contribution in [-0.2, 0) is 6.42 Å². The summed E-state index contributed by atoms with van der Waals surface area (Å²) >= 11 is 3.33. The van der Waals surface area contributed by atoms with E-state index in [9.17, 15) is 4.39 Å². The van der Waals surface area contributed by atoms with E-state index in [4.69, 9.17) is 0 Å². The highest BCUT2D eigenvalue weighted by molar-refractivity contribution is 9.10. The lowest BCUT2D eigenvalue weighted by molar-refractivity contribution is 0.288. The second-order valence-electron chi connectivity index (χ2n) is 6.66. The molecular weight excluding hydrogens is 293 g/mol. The SMILES string of the molecule is CC(C)(CNC(C)(C)C)Cc1cccc(F)c1Br. The first-order valence-corrected chi connectivity index (χ1v) is 7.08. The number of hydrogen-bond donors (Lipinski definition) is 1. The van der Waals surface area contributed by atoms with Crippen LogP contribution in [0.25, 0.3) is 0 Å².